The van der Waals surface area contributed by atoms with E-state index in [0.717, 1.165) is 4.90 Å². The summed E-state index contributed by atoms with van der Waals surface area (Å²) >= 11 is 0. The van der Waals surface area contributed by atoms with Crippen LogP contribution in [0.2, 0.25) is 0 Å². The van der Waals surface area contributed by atoms with Gasteiger partial charge in [-0.3, -0.25) is 28.8 Å². The van der Waals surface area contributed by atoms with Gasteiger partial charge in [0, 0.05) is 38.0 Å². The maximum Gasteiger partial charge on any atom is 0.410 e. The van der Waals surface area contributed by atoms with Crippen molar-refractivity contribution in [2.45, 2.75) is 114 Å². The summed E-state index contributed by atoms with van der Waals surface area (Å²) in [4.78, 5) is 83.4. The Bertz CT molecular complexity index is 1900. The Morgan fingerprint density at radius 3 is 2.50 bits per heavy atom. The Morgan fingerprint density at radius 1 is 1.14 bits per heavy atom. The molecule has 2 aliphatic heterocycles. The molecule has 2 saturated carbocycles. The zero-order valence-electron chi connectivity index (χ0n) is 32.3. The molecule has 1 aromatic carbocycles. The number of ether oxygens (including phenoxy) is 2. The van der Waals surface area contributed by atoms with Crippen LogP contribution in [-0.4, -0.2) is 114 Å². The molecule has 1 saturated heterocycles. The molecule has 2 aliphatic carbocycles. The molecule has 0 radical (unpaired) electrons. The van der Waals surface area contributed by atoms with Gasteiger partial charge in [0.05, 0.1) is 18.3 Å². The van der Waals surface area contributed by atoms with Crippen LogP contribution in [0.25, 0.3) is 0 Å². The van der Waals surface area contributed by atoms with E-state index >= 15 is 0 Å². The van der Waals surface area contributed by atoms with E-state index in [0.29, 0.717) is 43.4 Å². The molecule has 6 amide bonds. The molecule has 5 rings (SSSR count). The first-order chi connectivity index (χ1) is 26.2. The predicted octanol–water partition coefficient (Wildman–Crippen LogP) is 2.62. The topological polar surface area (TPSA) is 201 Å². The zero-order chi connectivity index (χ0) is 41.2. The molecule has 1 aromatic rings. The zero-order valence-corrected chi connectivity index (χ0v) is 33.2. The first-order valence-electron chi connectivity index (χ1n) is 18.7. The van der Waals surface area contributed by atoms with E-state index in [-0.39, 0.29) is 38.4 Å². The summed E-state index contributed by atoms with van der Waals surface area (Å²) in [5.41, 5.74) is -1.54. The number of rotatable bonds is 14. The summed E-state index contributed by atoms with van der Waals surface area (Å²) in [7, 11) is -2.35. The highest BCUT2D eigenvalue weighted by atomic mass is 32.2. The lowest BCUT2D eigenvalue weighted by atomic mass is 10.1. The van der Waals surface area contributed by atoms with E-state index in [1.807, 2.05) is 0 Å². The highest BCUT2D eigenvalue weighted by molar-refractivity contribution is 7.91. The van der Waals surface area contributed by atoms with Crippen molar-refractivity contribution in [2.24, 2.45) is 5.92 Å². The number of sulfonamides is 1. The van der Waals surface area contributed by atoms with E-state index in [1.54, 1.807) is 52.1 Å². The lowest BCUT2D eigenvalue weighted by Crippen LogP contribution is -2.58. The number of benzene rings is 1. The molecular weight excluding hydrogens is 752 g/mol. The van der Waals surface area contributed by atoms with Crippen LogP contribution in [0, 0.1) is 11.7 Å². The van der Waals surface area contributed by atoms with Crippen molar-refractivity contribution >= 4 is 45.8 Å². The number of hydrogen-bond donors (Lipinski definition) is 3. The second kappa shape index (κ2) is 16.6. The normalized spacial score (nSPS) is 23.5. The summed E-state index contributed by atoms with van der Waals surface area (Å²) in [5, 5.41) is 4.49. The number of carbonyl (C=O) groups excluding carboxylic acids is 6. The van der Waals surface area contributed by atoms with Crippen molar-refractivity contribution in [3.05, 3.63) is 60.0 Å². The molecule has 0 aromatic heterocycles. The van der Waals surface area contributed by atoms with Gasteiger partial charge in [0.2, 0.25) is 27.7 Å². The molecule has 2 heterocycles. The fourth-order valence-electron chi connectivity index (χ4n) is 6.84. The molecule has 3 fully saturated rings. The van der Waals surface area contributed by atoms with Crippen molar-refractivity contribution in [3.8, 4) is 0 Å². The van der Waals surface area contributed by atoms with Gasteiger partial charge in [-0.1, -0.05) is 30.9 Å². The fourth-order valence-corrected chi connectivity index (χ4v) is 8.20. The second-order valence-electron chi connectivity index (χ2n) is 15.8. The molecule has 4 aliphatic rings. The highest BCUT2D eigenvalue weighted by Gasteiger charge is 2.62. The quantitative estimate of drug-likeness (QED) is 0.143. The average Bonchev–Trinajstić information content (AvgIpc) is 4.00. The van der Waals surface area contributed by atoms with E-state index in [4.69, 9.17) is 9.47 Å². The lowest BCUT2D eigenvalue weighted by molar-refractivity contribution is -0.140. The van der Waals surface area contributed by atoms with E-state index in [9.17, 15) is 41.6 Å². The van der Waals surface area contributed by atoms with Gasteiger partial charge in [-0.05, 0) is 77.5 Å². The van der Waals surface area contributed by atoms with Gasteiger partial charge in [0.1, 0.15) is 35.1 Å². The van der Waals surface area contributed by atoms with Gasteiger partial charge in [0.15, 0.2) is 0 Å². The summed E-state index contributed by atoms with van der Waals surface area (Å²) in [6.45, 7) is 10.1. The Balaban J connectivity index is 1.33. The molecule has 56 heavy (non-hydrogen) atoms. The van der Waals surface area contributed by atoms with E-state index in [1.165, 1.54) is 28.9 Å². The molecule has 5 atom stereocenters. The smallest absolute Gasteiger partial charge is 0.410 e. The Morgan fingerprint density at radius 2 is 1.86 bits per heavy atom. The van der Waals surface area contributed by atoms with Crippen LogP contribution in [0.1, 0.15) is 77.3 Å². The Hall–Kier alpha value is -5.00. The maximum atomic E-state index is 14.4. The van der Waals surface area contributed by atoms with Gasteiger partial charge >= 0.3 is 12.2 Å². The van der Waals surface area contributed by atoms with Crippen LogP contribution in [0.3, 0.4) is 0 Å². The number of nitrogens with zero attached hydrogens (tertiary/aromatic N) is 3. The lowest BCUT2D eigenvalue weighted by Gasteiger charge is -2.29. The van der Waals surface area contributed by atoms with Crippen LogP contribution in [0.5, 0.6) is 0 Å². The maximum absolute atomic E-state index is 14.4. The van der Waals surface area contributed by atoms with Crippen LogP contribution in [0.4, 0.5) is 14.0 Å². The van der Waals surface area contributed by atoms with Crippen molar-refractivity contribution < 1.29 is 51.0 Å². The van der Waals surface area contributed by atoms with Crippen molar-refractivity contribution in [1.82, 2.24) is 30.1 Å². The summed E-state index contributed by atoms with van der Waals surface area (Å²) < 4.78 is 53.3. The first-order valence-corrected chi connectivity index (χ1v) is 20.2. The number of likely N-dealkylation sites (tertiary alicyclic amines) is 1. The Kier molecular flexibility index (Phi) is 12.5. The van der Waals surface area contributed by atoms with E-state index in [2.05, 4.69) is 21.9 Å². The van der Waals surface area contributed by atoms with Gasteiger partial charge in [-0.25, -0.2) is 22.4 Å². The molecule has 1 unspecified atom stereocenters. The molecule has 306 valence electrons. The number of nitrogens with one attached hydrogen (secondary N) is 3. The standard InChI is InChI=1S/C38H51FN6O10S/c1-7-31(46)43(6)17-10-8-9-13-25-19-38(25,34(49)42-56(52,53)27-15-16-27)41-32(47)30-18-26(21-45(30)33(48)23(2)40-35(50)55-37(3,4)5)54-36(51)44-20-24-12-11-14-29(39)28(24)22-44/h7,9,11-14,23,25-27,30H,1,8,10,15-22H2,2-6H3,(H,40,50)(H,41,47)(H,42,49)/b13-9-/t23-,25+,26+,30?,38+/m0/s1. The molecule has 3 N–H and O–H groups in total. The molecular formula is C38H51FN6O10S. The minimum atomic E-state index is -3.99. The first kappa shape index (κ1) is 42.1. The SMILES string of the molecule is C=CC(=O)N(C)CCC/C=C\[C@@H]1C[C@]1(NC(=O)C1C[C@@H](OC(=O)N2Cc3cccc(F)c3C2)CN1C(=O)[C@H](C)NC(=O)OC(C)(C)C)C(=O)NS(=O)(=O)C1CC1. The number of amides is 6. The van der Waals surface area contributed by atoms with Crippen molar-refractivity contribution in [1.29, 1.82) is 0 Å². The second-order valence-corrected chi connectivity index (χ2v) is 17.8. The third-order valence-corrected chi connectivity index (χ3v) is 12.0. The minimum Gasteiger partial charge on any atom is -0.444 e. The number of hydrogen-bond acceptors (Lipinski definition) is 10. The number of unbranched alkanes of at least 4 members (excludes halogenated alkanes) is 1. The fraction of sp³-hybridized carbons (Fsp3) is 0.579. The number of halogens is 1. The molecule has 0 spiro atoms. The third kappa shape index (κ3) is 10.0. The van der Waals surface area contributed by atoms with Crippen molar-refractivity contribution in [3.63, 3.8) is 0 Å². The number of fused-ring (bicyclic) bond motifs is 1. The van der Waals surface area contributed by atoms with Gasteiger partial charge in [-0.15, -0.1) is 0 Å². The highest BCUT2D eigenvalue weighted by Crippen LogP contribution is 2.46. The summed E-state index contributed by atoms with van der Waals surface area (Å²) in [6.07, 6.45) is 3.85. The average molecular weight is 803 g/mol. The Labute approximate surface area is 326 Å². The van der Waals surface area contributed by atoms with Crippen LogP contribution in [-0.2, 0) is 51.8 Å². The van der Waals surface area contributed by atoms with Gasteiger partial charge in [0.25, 0.3) is 5.91 Å². The van der Waals surface area contributed by atoms with E-state index < -0.39 is 86.2 Å². The number of alkyl carbamates (subject to hydrolysis) is 1. The van der Waals surface area contributed by atoms with Gasteiger partial charge < -0.3 is 29.9 Å². The third-order valence-electron chi connectivity index (χ3n) is 10.2. The van der Waals surface area contributed by atoms with Crippen LogP contribution >= 0.6 is 0 Å². The predicted molar refractivity (Wildman–Crippen MR) is 200 cm³/mol. The summed E-state index contributed by atoms with van der Waals surface area (Å²) in [6, 6.07) is 2.05. The molecule has 16 nitrogen and oxygen atoms in total. The van der Waals surface area contributed by atoms with Crippen LogP contribution in [0.15, 0.2) is 43.0 Å². The van der Waals surface area contributed by atoms with Crippen molar-refractivity contribution in [2.75, 3.05) is 20.1 Å². The van der Waals surface area contributed by atoms with Gasteiger partial charge in [-0.2, -0.15) is 0 Å². The number of likely N-dealkylation sites (N-methyl/N-ethyl adjacent to an activating group) is 1. The number of allylic oxidation sites excluding steroid dienone is 1. The largest absolute Gasteiger partial charge is 0.444 e. The van der Waals surface area contributed by atoms with Crippen LogP contribution < -0.4 is 15.4 Å². The summed E-state index contributed by atoms with van der Waals surface area (Å²) in [5.74, 6) is -3.69. The molecule has 0 bridgehead atoms. The number of carbonyl (C=O) groups is 6. The molecule has 18 heteroatoms. The minimum absolute atomic E-state index is 0.0308. The monoisotopic (exact) mass is 802 g/mol.